The standard InChI is InChI=1S/C59H93N3O19S3/c1-55(2)36-14-21-59(6)46(35(63)28-31-30-27-29(13-19-56(30,3)22-23-58(31,59)5)47(69)60-32(16-24-82-10)50(72)75-7)57(36,4)20-15-37(55)78-54-45(41(67)40(66)44(80-54)49(71)62-34(18-26-84-12)52(74)77-9)81-53-42(68)38(64)39(65)43(79-53)48(70)61-33(17-25-83-11)51(73)76-8/h28-30,32-34,36-46,53-54,64-68H,13-27H2,1-12H3,(H,60,69)(H,61,70)(H,62,71)/t29-,30+,32-,33-,34-,36-,37-,38-,39-,40-,41-,42+,43-,44-,45+,46+,53-,54-,56+,57-,58+,59+/m0/s1. The van der Waals surface area contributed by atoms with Crippen molar-refractivity contribution in [1.82, 2.24) is 16.0 Å². The van der Waals surface area contributed by atoms with Crippen LogP contribution in [-0.2, 0) is 66.7 Å². The number of esters is 3. The number of carbonyl (C=O) groups is 7. The van der Waals surface area contributed by atoms with E-state index >= 15 is 4.79 Å². The molecule has 5 aliphatic carbocycles. The molecule has 0 aromatic rings. The maximum absolute atomic E-state index is 15.4. The Kier molecular flexibility index (Phi) is 22.6. The van der Waals surface area contributed by atoms with Gasteiger partial charge in [-0.1, -0.05) is 47.1 Å². The molecule has 84 heavy (non-hydrogen) atoms. The first kappa shape index (κ1) is 68.4. The van der Waals surface area contributed by atoms with Crippen molar-refractivity contribution < 1.29 is 92.3 Å². The fourth-order valence-corrected chi connectivity index (χ4v) is 17.4. The predicted octanol–water partition coefficient (Wildman–Crippen LogP) is 2.83. The first-order chi connectivity index (χ1) is 39.6. The van der Waals surface area contributed by atoms with E-state index in [4.69, 9.17) is 33.2 Å². The lowest BCUT2D eigenvalue weighted by atomic mass is 9.33. The van der Waals surface area contributed by atoms with E-state index in [-0.39, 0.29) is 47.7 Å². The van der Waals surface area contributed by atoms with E-state index in [2.05, 4.69) is 43.6 Å². The first-order valence-electron chi connectivity index (χ1n) is 29.5. The highest BCUT2D eigenvalue weighted by Gasteiger charge is 2.70. The van der Waals surface area contributed by atoms with Gasteiger partial charge in [0.05, 0.1) is 27.4 Å². The maximum Gasteiger partial charge on any atom is 0.328 e. The molecule has 7 rings (SSSR count). The van der Waals surface area contributed by atoms with Crippen LogP contribution in [-0.4, -0.2) is 210 Å². The van der Waals surface area contributed by atoms with Gasteiger partial charge < -0.3 is 74.6 Å². The molecule has 6 fully saturated rings. The van der Waals surface area contributed by atoms with Crippen molar-refractivity contribution >= 4 is 76.7 Å². The van der Waals surface area contributed by atoms with Gasteiger partial charge >= 0.3 is 17.9 Å². The van der Waals surface area contributed by atoms with E-state index in [0.717, 1.165) is 31.9 Å². The number of hydrogen-bond donors (Lipinski definition) is 8. The molecule has 3 amide bonds. The van der Waals surface area contributed by atoms with Gasteiger partial charge in [0.1, 0.15) is 54.7 Å². The summed E-state index contributed by atoms with van der Waals surface area (Å²) in [5.41, 5.74) is -1.25. The number of rotatable bonds is 22. The lowest BCUT2D eigenvalue weighted by Gasteiger charge is -2.70. The highest BCUT2D eigenvalue weighted by Crippen LogP contribution is 2.75. The second-order valence-electron chi connectivity index (χ2n) is 25.9. The Morgan fingerprint density at radius 2 is 1.11 bits per heavy atom. The summed E-state index contributed by atoms with van der Waals surface area (Å²) in [5.74, 6) is -3.57. The summed E-state index contributed by atoms with van der Waals surface area (Å²) in [4.78, 5) is 95.7. The lowest BCUT2D eigenvalue weighted by Crippen LogP contribution is -2.69. The van der Waals surface area contributed by atoms with E-state index in [1.54, 1.807) is 18.0 Å². The van der Waals surface area contributed by atoms with Gasteiger partial charge in [-0.25, -0.2) is 14.4 Å². The van der Waals surface area contributed by atoms with Crippen molar-refractivity contribution in [2.75, 3.05) is 57.4 Å². The van der Waals surface area contributed by atoms with Crippen LogP contribution in [0.5, 0.6) is 0 Å². The number of thioether (sulfide) groups is 3. The Labute approximate surface area is 506 Å². The van der Waals surface area contributed by atoms with Crippen molar-refractivity contribution in [1.29, 1.82) is 0 Å². The van der Waals surface area contributed by atoms with Crippen LogP contribution in [0.2, 0.25) is 0 Å². The van der Waals surface area contributed by atoms with Gasteiger partial charge in [-0.2, -0.15) is 35.3 Å². The summed E-state index contributed by atoms with van der Waals surface area (Å²) in [6.45, 7) is 13.2. The Bertz CT molecular complexity index is 2440. The van der Waals surface area contributed by atoms with E-state index in [1.165, 1.54) is 37.7 Å². The van der Waals surface area contributed by atoms with E-state index in [9.17, 15) is 54.3 Å². The van der Waals surface area contributed by atoms with Crippen molar-refractivity contribution in [2.24, 2.45) is 50.7 Å². The summed E-state index contributed by atoms with van der Waals surface area (Å²) in [5, 5.41) is 65.6. The molecule has 22 atom stereocenters. The Morgan fingerprint density at radius 3 is 1.62 bits per heavy atom. The zero-order valence-corrected chi connectivity index (χ0v) is 53.2. The number of aliphatic hydroxyl groups is 5. The van der Waals surface area contributed by atoms with Gasteiger partial charge in [0.25, 0.3) is 11.8 Å². The van der Waals surface area contributed by atoms with Crippen LogP contribution in [0.3, 0.4) is 0 Å². The fraction of sp³-hybridized carbons (Fsp3) is 0.847. The summed E-state index contributed by atoms with van der Waals surface area (Å²) in [6, 6.07) is -3.09. The predicted molar refractivity (Wildman–Crippen MR) is 313 cm³/mol. The molecule has 2 heterocycles. The second kappa shape index (κ2) is 27.8. The molecule has 0 bridgehead atoms. The van der Waals surface area contributed by atoms with Crippen molar-refractivity contribution in [3.63, 3.8) is 0 Å². The first-order valence-corrected chi connectivity index (χ1v) is 33.7. The van der Waals surface area contributed by atoms with Gasteiger partial charge in [0.2, 0.25) is 5.91 Å². The molecule has 8 N–H and O–H groups in total. The van der Waals surface area contributed by atoms with Crippen LogP contribution in [0.4, 0.5) is 0 Å². The van der Waals surface area contributed by atoms with E-state index in [0.29, 0.717) is 62.2 Å². The highest BCUT2D eigenvalue weighted by molar-refractivity contribution is 7.98. The van der Waals surface area contributed by atoms with E-state index in [1.807, 2.05) is 32.4 Å². The van der Waals surface area contributed by atoms with Crippen LogP contribution >= 0.6 is 35.3 Å². The second-order valence-corrected chi connectivity index (χ2v) is 28.9. The number of ketones is 1. The van der Waals surface area contributed by atoms with E-state index < -0.39 is 143 Å². The van der Waals surface area contributed by atoms with Crippen LogP contribution in [0, 0.1) is 50.7 Å². The molecular formula is C59H93N3O19S3. The third kappa shape index (κ3) is 13.1. The minimum atomic E-state index is -2.09. The van der Waals surface area contributed by atoms with Crippen LogP contribution in [0.1, 0.15) is 119 Å². The lowest BCUT2D eigenvalue weighted by molar-refractivity contribution is -0.369. The van der Waals surface area contributed by atoms with Gasteiger partial charge in [0, 0.05) is 11.8 Å². The van der Waals surface area contributed by atoms with Crippen molar-refractivity contribution in [2.45, 2.75) is 204 Å². The SMILES string of the molecule is COC(=O)[C@H](CCSC)NC(=O)[C@H]1CC[C@]2(C)CC[C@]3(C)C(=CC(=O)[C@@H]4[C@@]5(C)CC[C@H](O[C@H]6O[C@H](C(=O)N[C@@H](CCSC)C(=O)OC)[C@@H](O)[C@H](O)[C@H]6O[C@@H]6O[C@H](C(=O)N[C@@H](CCSC)C(=O)OC)[C@@H](O)[C@H](O)[C@H]6O)C(C)(C)[C@@H]5CC[C@]43C)[C@H]2C1. The van der Waals surface area contributed by atoms with Crippen LogP contribution in [0.15, 0.2) is 11.6 Å². The van der Waals surface area contributed by atoms with Gasteiger partial charge in [-0.3, -0.25) is 19.2 Å². The van der Waals surface area contributed by atoms with Gasteiger partial charge in [0.15, 0.2) is 30.6 Å². The van der Waals surface area contributed by atoms with Crippen molar-refractivity contribution in [3.05, 3.63) is 11.6 Å². The molecule has 0 unspecified atom stereocenters. The topological polar surface area (TPSA) is 321 Å². The zero-order valence-electron chi connectivity index (χ0n) is 50.8. The molecule has 2 saturated heterocycles. The molecule has 0 spiro atoms. The van der Waals surface area contributed by atoms with Crippen LogP contribution in [0.25, 0.3) is 0 Å². The number of allylic oxidation sites excluding steroid dienone is 2. The molecular weight excluding hydrogens is 1150 g/mol. The molecule has 4 saturated carbocycles. The summed E-state index contributed by atoms with van der Waals surface area (Å²) in [6.07, 6.45) is -6.26. The molecule has 0 aromatic heterocycles. The number of hydrogen-bond acceptors (Lipinski definition) is 22. The Hall–Kier alpha value is -3.08. The zero-order chi connectivity index (χ0) is 62.0. The van der Waals surface area contributed by atoms with Crippen molar-refractivity contribution in [3.8, 4) is 0 Å². The molecule has 25 heteroatoms. The Balaban J connectivity index is 1.17. The molecule has 7 aliphatic rings. The highest BCUT2D eigenvalue weighted by atomic mass is 32.2. The number of methoxy groups -OCH3 is 3. The number of fused-ring (bicyclic) bond motifs is 7. The number of aliphatic hydroxyl groups excluding tert-OH is 5. The minimum absolute atomic E-state index is 0.0336. The summed E-state index contributed by atoms with van der Waals surface area (Å²) >= 11 is 4.41. The average Bonchev–Trinajstić information content (AvgIpc) is 0.697. The smallest absolute Gasteiger partial charge is 0.328 e. The van der Waals surface area contributed by atoms with Gasteiger partial charge in [-0.05, 0) is 158 Å². The number of amides is 3. The third-order valence-electron chi connectivity index (χ3n) is 21.0. The molecule has 2 aliphatic heterocycles. The summed E-state index contributed by atoms with van der Waals surface area (Å²) < 4.78 is 40.3. The minimum Gasteiger partial charge on any atom is -0.467 e. The number of nitrogens with one attached hydrogen (secondary N) is 3. The maximum atomic E-state index is 15.4. The normalized spacial score (nSPS) is 39.9. The average molecular weight is 1240 g/mol. The molecule has 476 valence electrons. The monoisotopic (exact) mass is 1240 g/mol. The fourth-order valence-electron chi connectivity index (χ4n) is 16.0. The number of ether oxygens (including phenoxy) is 7. The Morgan fingerprint density at radius 1 is 0.607 bits per heavy atom. The van der Waals surface area contributed by atoms with Crippen LogP contribution < -0.4 is 16.0 Å². The number of carbonyl (C=O) groups excluding carboxylic acids is 7. The quantitative estimate of drug-likeness (QED) is 0.0439. The molecule has 0 radical (unpaired) electrons. The molecule has 0 aromatic carbocycles. The molecule has 22 nitrogen and oxygen atoms in total. The largest absolute Gasteiger partial charge is 0.467 e. The summed E-state index contributed by atoms with van der Waals surface area (Å²) in [7, 11) is 3.63. The van der Waals surface area contributed by atoms with Gasteiger partial charge in [-0.15, -0.1) is 0 Å². The third-order valence-corrected chi connectivity index (χ3v) is 23.0.